The molecule has 0 aliphatic rings. The van der Waals surface area contributed by atoms with E-state index in [9.17, 15) is 0 Å². The van der Waals surface area contributed by atoms with Gasteiger partial charge in [-0.15, -0.1) is 5.10 Å². The molecule has 0 radical (unpaired) electrons. The average molecular weight is 324 g/mol. The second-order valence-electron chi connectivity index (χ2n) is 4.83. The van der Waals surface area contributed by atoms with Crippen molar-refractivity contribution in [1.82, 2.24) is 25.4 Å². The largest absolute Gasteiger partial charge is 0.356 e. The molecule has 0 unspecified atom stereocenters. The molecule has 0 aliphatic heterocycles. The predicted octanol–water partition coefficient (Wildman–Crippen LogP) is 3.64. The van der Waals surface area contributed by atoms with Gasteiger partial charge in [0, 0.05) is 10.6 Å². The van der Waals surface area contributed by atoms with Crippen molar-refractivity contribution in [3.8, 4) is 28.4 Å². The normalized spacial score (nSPS) is 10.8. The van der Waals surface area contributed by atoms with Crippen molar-refractivity contribution in [1.29, 1.82) is 0 Å². The molecule has 7 heteroatoms. The van der Waals surface area contributed by atoms with Crippen LogP contribution in [-0.2, 0) is 0 Å². The molecule has 2 aromatic carbocycles. The predicted molar refractivity (Wildman–Crippen MR) is 85.1 cm³/mol. The minimum absolute atomic E-state index is 0.549. The molecule has 0 N–H and O–H groups in total. The van der Waals surface area contributed by atoms with Gasteiger partial charge in [-0.3, -0.25) is 0 Å². The molecule has 6 nitrogen and oxygen atoms in total. The Labute approximate surface area is 136 Å². The number of tetrazole rings is 1. The summed E-state index contributed by atoms with van der Waals surface area (Å²) in [7, 11) is 0. The average Bonchev–Trinajstić information content (AvgIpc) is 3.25. The summed E-state index contributed by atoms with van der Waals surface area (Å²) in [5, 5.41) is 16.5. The monoisotopic (exact) mass is 323 g/mol. The van der Waals surface area contributed by atoms with Crippen molar-refractivity contribution >= 4 is 11.6 Å². The third-order valence-electron chi connectivity index (χ3n) is 3.39. The van der Waals surface area contributed by atoms with Gasteiger partial charge in [0.15, 0.2) is 11.6 Å². The van der Waals surface area contributed by atoms with Crippen LogP contribution < -0.4 is 0 Å². The topological polar surface area (TPSA) is 69.6 Å². The maximum Gasteiger partial charge on any atom is 0.192 e. The summed E-state index contributed by atoms with van der Waals surface area (Å²) in [6.07, 6.45) is 1.61. The van der Waals surface area contributed by atoms with Crippen LogP contribution in [-0.4, -0.2) is 25.4 Å². The van der Waals surface area contributed by atoms with E-state index in [0.717, 1.165) is 16.8 Å². The molecule has 0 bridgehead atoms. The van der Waals surface area contributed by atoms with Gasteiger partial charge in [-0.05, 0) is 34.7 Å². The summed E-state index contributed by atoms with van der Waals surface area (Å²) in [5.74, 6) is 1.17. The summed E-state index contributed by atoms with van der Waals surface area (Å²) in [5.41, 5.74) is 2.43. The highest BCUT2D eigenvalue weighted by molar-refractivity contribution is 6.30. The standard InChI is InChI=1S/C16H10ClN5O/c17-12-6-8-13(9-7-12)22-16(19-20-21-22)14-10-18-23-15(14)11-4-2-1-3-5-11/h1-10H. The minimum atomic E-state index is 0.549. The van der Waals surface area contributed by atoms with Crippen molar-refractivity contribution in [2.45, 2.75) is 0 Å². The van der Waals surface area contributed by atoms with Crippen LogP contribution in [0.25, 0.3) is 28.4 Å². The van der Waals surface area contributed by atoms with Gasteiger partial charge in [-0.1, -0.05) is 47.1 Å². The van der Waals surface area contributed by atoms with Crippen LogP contribution in [0.15, 0.2) is 65.3 Å². The van der Waals surface area contributed by atoms with Crippen molar-refractivity contribution in [2.24, 2.45) is 0 Å². The second kappa shape index (κ2) is 5.66. The third-order valence-corrected chi connectivity index (χ3v) is 3.64. The first-order valence-electron chi connectivity index (χ1n) is 6.88. The summed E-state index contributed by atoms with van der Waals surface area (Å²) >= 11 is 5.93. The van der Waals surface area contributed by atoms with Crippen LogP contribution in [0.4, 0.5) is 0 Å². The lowest BCUT2D eigenvalue weighted by atomic mass is 10.1. The van der Waals surface area contributed by atoms with Crippen LogP contribution in [0, 0.1) is 0 Å². The van der Waals surface area contributed by atoms with Gasteiger partial charge in [0.05, 0.1) is 17.4 Å². The number of hydrogen-bond donors (Lipinski definition) is 0. The van der Waals surface area contributed by atoms with Crippen LogP contribution in [0.2, 0.25) is 5.02 Å². The molecule has 0 atom stereocenters. The van der Waals surface area contributed by atoms with E-state index in [1.165, 1.54) is 0 Å². The fraction of sp³-hybridized carbons (Fsp3) is 0. The van der Waals surface area contributed by atoms with E-state index < -0.39 is 0 Å². The molecule has 0 fully saturated rings. The lowest BCUT2D eigenvalue weighted by molar-refractivity contribution is 0.432. The Morgan fingerprint density at radius 1 is 0.957 bits per heavy atom. The number of benzene rings is 2. The highest BCUT2D eigenvalue weighted by Gasteiger charge is 2.19. The molecule has 0 saturated heterocycles. The number of halogens is 1. The number of hydrogen-bond acceptors (Lipinski definition) is 5. The third kappa shape index (κ3) is 2.49. The number of rotatable bonds is 3. The first-order chi connectivity index (χ1) is 11.3. The lowest BCUT2D eigenvalue weighted by Crippen LogP contribution is -1.99. The zero-order valence-electron chi connectivity index (χ0n) is 11.8. The Morgan fingerprint density at radius 3 is 2.52 bits per heavy atom. The quantitative estimate of drug-likeness (QED) is 0.575. The first kappa shape index (κ1) is 13.7. The van der Waals surface area contributed by atoms with Crippen molar-refractivity contribution < 1.29 is 4.52 Å². The summed E-state index contributed by atoms with van der Waals surface area (Å²) in [4.78, 5) is 0. The molecule has 2 heterocycles. The summed E-state index contributed by atoms with van der Waals surface area (Å²) < 4.78 is 7.02. The lowest BCUT2D eigenvalue weighted by Gasteiger charge is -2.04. The van der Waals surface area contributed by atoms with Gasteiger partial charge in [-0.25, -0.2) is 0 Å². The molecule has 0 aliphatic carbocycles. The van der Waals surface area contributed by atoms with Crippen LogP contribution in [0.1, 0.15) is 0 Å². The molecular formula is C16H10ClN5O. The van der Waals surface area contributed by atoms with E-state index in [4.69, 9.17) is 16.1 Å². The van der Waals surface area contributed by atoms with Crippen LogP contribution in [0.3, 0.4) is 0 Å². The van der Waals surface area contributed by atoms with Gasteiger partial charge >= 0.3 is 0 Å². The summed E-state index contributed by atoms with van der Waals surface area (Å²) in [6, 6.07) is 17.0. The van der Waals surface area contributed by atoms with E-state index >= 15 is 0 Å². The fourth-order valence-electron chi connectivity index (χ4n) is 2.31. The van der Waals surface area contributed by atoms with E-state index in [1.807, 2.05) is 42.5 Å². The van der Waals surface area contributed by atoms with Crippen molar-refractivity contribution in [3.05, 3.63) is 65.8 Å². The Bertz CT molecular complexity index is 931. The fourth-order valence-corrected chi connectivity index (χ4v) is 2.43. The number of nitrogens with zero attached hydrogens (tertiary/aromatic N) is 5. The van der Waals surface area contributed by atoms with Crippen LogP contribution >= 0.6 is 11.6 Å². The minimum Gasteiger partial charge on any atom is -0.356 e. The van der Waals surface area contributed by atoms with Crippen molar-refractivity contribution in [2.75, 3.05) is 0 Å². The zero-order chi connectivity index (χ0) is 15.6. The number of aromatic nitrogens is 5. The summed E-state index contributed by atoms with van der Waals surface area (Å²) in [6.45, 7) is 0. The van der Waals surface area contributed by atoms with Gasteiger partial charge < -0.3 is 4.52 Å². The molecular weight excluding hydrogens is 314 g/mol. The van der Waals surface area contributed by atoms with Gasteiger partial charge in [-0.2, -0.15) is 4.68 Å². The van der Waals surface area contributed by atoms with Gasteiger partial charge in [0.1, 0.15) is 0 Å². The van der Waals surface area contributed by atoms with E-state index in [1.54, 1.807) is 23.0 Å². The molecule has 0 spiro atoms. The Kier molecular flexibility index (Phi) is 3.36. The maximum atomic E-state index is 5.93. The van der Waals surface area contributed by atoms with E-state index in [2.05, 4.69) is 20.7 Å². The van der Waals surface area contributed by atoms with Gasteiger partial charge in [0.2, 0.25) is 0 Å². The van der Waals surface area contributed by atoms with Gasteiger partial charge in [0.25, 0.3) is 0 Å². The molecule has 0 amide bonds. The molecule has 0 saturated carbocycles. The van der Waals surface area contributed by atoms with Crippen molar-refractivity contribution in [3.63, 3.8) is 0 Å². The Balaban J connectivity index is 1.84. The van der Waals surface area contributed by atoms with E-state index in [0.29, 0.717) is 16.6 Å². The zero-order valence-corrected chi connectivity index (χ0v) is 12.6. The smallest absolute Gasteiger partial charge is 0.192 e. The molecule has 2 aromatic heterocycles. The Morgan fingerprint density at radius 2 is 1.74 bits per heavy atom. The molecule has 112 valence electrons. The maximum absolute atomic E-state index is 5.93. The highest BCUT2D eigenvalue weighted by atomic mass is 35.5. The second-order valence-corrected chi connectivity index (χ2v) is 5.26. The Hall–Kier alpha value is -2.99. The highest BCUT2D eigenvalue weighted by Crippen LogP contribution is 2.31. The molecule has 4 aromatic rings. The molecule has 4 rings (SSSR count). The SMILES string of the molecule is Clc1ccc(-n2nnnc2-c2cnoc2-c2ccccc2)cc1. The molecule has 23 heavy (non-hydrogen) atoms. The first-order valence-corrected chi connectivity index (χ1v) is 7.25. The van der Waals surface area contributed by atoms with E-state index in [-0.39, 0.29) is 0 Å². The van der Waals surface area contributed by atoms with Crippen LogP contribution in [0.5, 0.6) is 0 Å².